The Morgan fingerprint density at radius 2 is 1.73 bits per heavy atom. The molecule has 2 aliphatic heterocycles. The summed E-state index contributed by atoms with van der Waals surface area (Å²) < 4.78 is 0. The highest BCUT2D eigenvalue weighted by atomic mass is 15.2. The summed E-state index contributed by atoms with van der Waals surface area (Å²) in [5.74, 6) is 0. The number of hydrogen-bond donors (Lipinski definition) is 0. The van der Waals surface area contributed by atoms with Crippen LogP contribution in [0.5, 0.6) is 0 Å². The first-order chi connectivity index (χ1) is 12.6. The zero-order chi connectivity index (χ0) is 17.8. The van der Waals surface area contributed by atoms with Crippen LogP contribution in [0.4, 0.5) is 0 Å². The van der Waals surface area contributed by atoms with Gasteiger partial charge in [-0.05, 0) is 82.2 Å². The number of allylic oxidation sites excluding steroid dienone is 3. The van der Waals surface area contributed by atoms with Gasteiger partial charge in [0.2, 0.25) is 0 Å². The van der Waals surface area contributed by atoms with Crippen LogP contribution in [0.2, 0.25) is 0 Å². The summed E-state index contributed by atoms with van der Waals surface area (Å²) >= 11 is 0. The highest BCUT2D eigenvalue weighted by Crippen LogP contribution is 2.96. The van der Waals surface area contributed by atoms with E-state index in [2.05, 4.69) is 35.6 Å². The van der Waals surface area contributed by atoms with Gasteiger partial charge in [-0.25, -0.2) is 0 Å². The van der Waals surface area contributed by atoms with E-state index in [4.69, 9.17) is 4.99 Å². The van der Waals surface area contributed by atoms with Gasteiger partial charge in [0.1, 0.15) is 0 Å². The van der Waals surface area contributed by atoms with Gasteiger partial charge in [0, 0.05) is 30.7 Å². The quantitative estimate of drug-likeness (QED) is 0.649. The van der Waals surface area contributed by atoms with Gasteiger partial charge in [0.15, 0.2) is 0 Å². The highest BCUT2D eigenvalue weighted by Gasteiger charge is 2.90. The Morgan fingerprint density at radius 1 is 1.00 bits per heavy atom. The zero-order valence-corrected chi connectivity index (χ0v) is 16.6. The van der Waals surface area contributed by atoms with E-state index in [0.29, 0.717) is 16.2 Å². The molecule has 3 saturated carbocycles. The molecule has 1 spiro atoms. The van der Waals surface area contributed by atoms with Gasteiger partial charge in [-0.1, -0.05) is 19.1 Å². The van der Waals surface area contributed by atoms with Crippen molar-refractivity contribution in [3.05, 3.63) is 24.0 Å². The van der Waals surface area contributed by atoms with Crippen molar-refractivity contribution in [2.24, 2.45) is 21.2 Å². The van der Waals surface area contributed by atoms with Crippen molar-refractivity contribution in [1.29, 1.82) is 0 Å². The van der Waals surface area contributed by atoms with Crippen molar-refractivity contribution in [3.8, 4) is 0 Å². The van der Waals surface area contributed by atoms with Crippen molar-refractivity contribution in [1.82, 2.24) is 9.80 Å². The fraction of sp³-hybridized carbons (Fsp3) is 0.783. The molecular formula is C23H35N3. The summed E-state index contributed by atoms with van der Waals surface area (Å²) in [4.78, 5) is 10.2. The van der Waals surface area contributed by atoms with Crippen LogP contribution in [0.1, 0.15) is 64.7 Å². The van der Waals surface area contributed by atoms with Crippen LogP contribution in [0, 0.1) is 16.2 Å². The second-order valence-corrected chi connectivity index (χ2v) is 9.75. The Kier molecular flexibility index (Phi) is 3.90. The third-order valence-corrected chi connectivity index (χ3v) is 8.60. The van der Waals surface area contributed by atoms with Crippen LogP contribution in [0.3, 0.4) is 0 Å². The summed E-state index contributed by atoms with van der Waals surface area (Å²) in [6.07, 6.45) is 16.8. The lowest BCUT2D eigenvalue weighted by Crippen LogP contribution is -2.35. The Morgan fingerprint density at radius 3 is 2.38 bits per heavy atom. The Hall–Kier alpha value is -1.09. The lowest BCUT2D eigenvalue weighted by Gasteiger charge is -2.30. The first-order valence-electron chi connectivity index (χ1n) is 11.0. The molecular weight excluding hydrogens is 318 g/mol. The van der Waals surface area contributed by atoms with Gasteiger partial charge in [0.25, 0.3) is 0 Å². The molecule has 142 valence electrons. The average Bonchev–Trinajstić information content (AvgIpc) is 3.35. The lowest BCUT2D eigenvalue weighted by molar-refractivity contribution is 0.177. The van der Waals surface area contributed by atoms with Crippen LogP contribution in [0.25, 0.3) is 0 Å². The molecule has 3 nitrogen and oxygen atoms in total. The summed E-state index contributed by atoms with van der Waals surface area (Å²) in [5, 5.41) is 0. The molecule has 0 aromatic carbocycles. The third kappa shape index (κ3) is 2.32. The summed E-state index contributed by atoms with van der Waals surface area (Å²) in [5.41, 5.74) is 4.07. The number of aliphatic imine (C=N–C) groups is 1. The smallest absolute Gasteiger partial charge is 0.0508 e. The summed E-state index contributed by atoms with van der Waals surface area (Å²) in [7, 11) is 0. The summed E-state index contributed by atoms with van der Waals surface area (Å²) in [6.45, 7) is 13.0. The maximum absolute atomic E-state index is 4.94. The molecule has 2 saturated heterocycles. The predicted octanol–water partition coefficient (Wildman–Crippen LogP) is 4.62. The second kappa shape index (κ2) is 5.95. The molecule has 26 heavy (non-hydrogen) atoms. The van der Waals surface area contributed by atoms with E-state index < -0.39 is 0 Å². The van der Waals surface area contributed by atoms with Crippen LogP contribution in [-0.2, 0) is 0 Å². The number of likely N-dealkylation sites (tertiary alicyclic amines) is 2. The minimum atomic E-state index is 0.364. The predicted molar refractivity (Wildman–Crippen MR) is 108 cm³/mol. The molecule has 2 heterocycles. The Balaban J connectivity index is 1.24. The van der Waals surface area contributed by atoms with E-state index in [-0.39, 0.29) is 0 Å². The first kappa shape index (κ1) is 17.0. The van der Waals surface area contributed by atoms with Crippen LogP contribution in [-0.4, -0.2) is 48.7 Å². The minimum absolute atomic E-state index is 0.364. The molecule has 5 aliphatic rings. The number of nitrogens with zero attached hydrogens (tertiary/aromatic N) is 3. The Bertz CT molecular complexity index is 644. The molecule has 0 bridgehead atoms. The molecule has 3 aliphatic carbocycles. The molecule has 0 amide bonds. The fourth-order valence-corrected chi connectivity index (χ4v) is 6.98. The SMILES string of the molecule is C=C(N=C/C(=C\C)N1CCCC1)C12CCC3(CN4CCCCC4)CC31C2. The highest BCUT2D eigenvalue weighted by molar-refractivity contribution is 5.79. The van der Waals surface area contributed by atoms with E-state index in [9.17, 15) is 0 Å². The zero-order valence-electron chi connectivity index (χ0n) is 16.6. The molecule has 0 radical (unpaired) electrons. The minimum Gasteiger partial charge on any atom is -0.371 e. The topological polar surface area (TPSA) is 18.8 Å². The molecule has 0 aromatic rings. The molecule has 0 aromatic heterocycles. The van der Waals surface area contributed by atoms with Gasteiger partial charge < -0.3 is 9.80 Å². The lowest BCUT2D eigenvalue weighted by atomic mass is 9.95. The van der Waals surface area contributed by atoms with Gasteiger partial charge in [-0.2, -0.15) is 0 Å². The largest absolute Gasteiger partial charge is 0.371 e. The molecule has 5 fully saturated rings. The second-order valence-electron chi connectivity index (χ2n) is 9.75. The van der Waals surface area contributed by atoms with E-state index in [1.165, 1.54) is 102 Å². The number of hydrogen-bond acceptors (Lipinski definition) is 3. The van der Waals surface area contributed by atoms with Gasteiger partial charge in [0.05, 0.1) is 11.9 Å². The maximum Gasteiger partial charge on any atom is 0.0508 e. The van der Waals surface area contributed by atoms with Crippen molar-refractivity contribution >= 4 is 6.21 Å². The van der Waals surface area contributed by atoms with Crippen LogP contribution in [0.15, 0.2) is 29.0 Å². The average molecular weight is 354 g/mol. The van der Waals surface area contributed by atoms with Crippen molar-refractivity contribution < 1.29 is 0 Å². The van der Waals surface area contributed by atoms with Gasteiger partial charge >= 0.3 is 0 Å². The normalized spacial score (nSPS) is 42.2. The van der Waals surface area contributed by atoms with Gasteiger partial charge in [-0.15, -0.1) is 0 Å². The monoisotopic (exact) mass is 353 g/mol. The van der Waals surface area contributed by atoms with Crippen molar-refractivity contribution in [3.63, 3.8) is 0 Å². The Labute approximate surface area is 159 Å². The molecule has 3 unspecified atom stereocenters. The number of piperidine rings is 1. The van der Waals surface area contributed by atoms with E-state index in [1.807, 2.05) is 0 Å². The van der Waals surface area contributed by atoms with Crippen LogP contribution >= 0.6 is 0 Å². The van der Waals surface area contributed by atoms with Crippen LogP contribution < -0.4 is 0 Å². The molecule has 3 heteroatoms. The maximum atomic E-state index is 4.94. The van der Waals surface area contributed by atoms with Crippen molar-refractivity contribution in [2.45, 2.75) is 64.7 Å². The molecule has 3 atom stereocenters. The fourth-order valence-electron chi connectivity index (χ4n) is 6.98. The molecule has 5 rings (SSSR count). The molecule has 0 N–H and O–H groups in total. The van der Waals surface area contributed by atoms with Crippen molar-refractivity contribution in [2.75, 3.05) is 32.7 Å². The third-order valence-electron chi connectivity index (χ3n) is 8.60. The first-order valence-corrected chi connectivity index (χ1v) is 11.0. The van der Waals surface area contributed by atoms with Gasteiger partial charge in [-0.3, -0.25) is 4.99 Å². The van der Waals surface area contributed by atoms with E-state index in [0.717, 1.165) is 0 Å². The van der Waals surface area contributed by atoms with E-state index >= 15 is 0 Å². The summed E-state index contributed by atoms with van der Waals surface area (Å²) in [6, 6.07) is 0. The van der Waals surface area contributed by atoms with E-state index in [1.54, 1.807) is 0 Å². The number of rotatable bonds is 6. The standard InChI is InChI=1S/C23H35N3/c1-3-20(26-13-7-8-14-26)15-24-19(2)22-10-9-21(16-23(21,22)17-22)18-25-11-5-4-6-12-25/h3,15H,2,4-14,16-18H2,1H3/b20-3+,24-15?.